The summed E-state index contributed by atoms with van der Waals surface area (Å²) in [5, 5.41) is 4.10. The first kappa shape index (κ1) is 22.6. The molecule has 0 aliphatic heterocycles. The van der Waals surface area contributed by atoms with Crippen LogP contribution in [0.5, 0.6) is 5.75 Å². The van der Waals surface area contributed by atoms with Crippen LogP contribution in [0, 0.1) is 0 Å². The molecule has 2 aromatic rings. The Bertz CT molecular complexity index is 820. The number of ether oxygens (including phenoxy) is 3. The molecule has 0 bridgehead atoms. The van der Waals surface area contributed by atoms with E-state index in [0.29, 0.717) is 30.7 Å². The van der Waals surface area contributed by atoms with Crippen LogP contribution in [0.15, 0.2) is 48.7 Å². The van der Waals surface area contributed by atoms with Crippen molar-refractivity contribution >= 4 is 17.6 Å². The zero-order chi connectivity index (χ0) is 21.3. The number of nitrogens with zero attached hydrogens (tertiary/aromatic N) is 2. The Morgan fingerprint density at radius 3 is 2.59 bits per heavy atom. The highest BCUT2D eigenvalue weighted by Gasteiger charge is 2.36. The van der Waals surface area contributed by atoms with Crippen molar-refractivity contribution < 1.29 is 32.2 Å². The number of halogens is 4. The van der Waals surface area contributed by atoms with Crippen molar-refractivity contribution in [2.24, 2.45) is 0 Å². The second-order valence-corrected chi connectivity index (χ2v) is 6.16. The van der Waals surface area contributed by atoms with Gasteiger partial charge in [0.1, 0.15) is 12.0 Å². The van der Waals surface area contributed by atoms with Crippen molar-refractivity contribution in [1.82, 2.24) is 9.78 Å². The quantitative estimate of drug-likeness (QED) is 0.239. The third kappa shape index (κ3) is 7.34. The van der Waals surface area contributed by atoms with E-state index in [0.717, 1.165) is 5.56 Å². The summed E-state index contributed by atoms with van der Waals surface area (Å²) in [6.45, 7) is 1.93. The van der Waals surface area contributed by atoms with Crippen LogP contribution < -0.4 is 4.74 Å². The lowest BCUT2D eigenvalue weighted by atomic mass is 10.2. The lowest BCUT2D eigenvalue weighted by molar-refractivity contribution is -0.132. The zero-order valence-corrected chi connectivity index (χ0v) is 16.4. The normalized spacial score (nSPS) is 12.0. The van der Waals surface area contributed by atoms with Crippen molar-refractivity contribution in [3.63, 3.8) is 0 Å². The van der Waals surface area contributed by atoms with Gasteiger partial charge in [-0.2, -0.15) is 18.3 Å². The molecule has 0 amide bonds. The standard InChI is InChI=1S/C19H20ClF3N2O4/c1-2-27-17(19(21,22)23)13-29-16-6-4-14(5-7-16)11-25-12-15(10-24-25)18(26)28-9-3-8-20/h4-7,10,12-13H,2-3,8-9,11H2,1H3/b17-13-. The van der Waals surface area contributed by atoms with Gasteiger partial charge in [0.15, 0.2) is 0 Å². The van der Waals surface area contributed by atoms with Crippen LogP contribution in [0.3, 0.4) is 0 Å². The SMILES string of the molecule is CCO/C(=C\Oc1ccc(Cn2cc(C(=O)OCCCCl)cn2)cc1)C(F)(F)F. The minimum Gasteiger partial charge on any atom is -0.487 e. The molecule has 0 aliphatic carbocycles. The van der Waals surface area contributed by atoms with E-state index in [2.05, 4.69) is 9.84 Å². The Kier molecular flexibility index (Phi) is 8.38. The van der Waals surface area contributed by atoms with Gasteiger partial charge in [0, 0.05) is 12.1 Å². The van der Waals surface area contributed by atoms with E-state index >= 15 is 0 Å². The fourth-order valence-corrected chi connectivity index (χ4v) is 2.29. The molecule has 0 aliphatic rings. The Morgan fingerprint density at radius 2 is 1.97 bits per heavy atom. The summed E-state index contributed by atoms with van der Waals surface area (Å²) >= 11 is 5.53. The molecule has 1 aromatic heterocycles. The highest BCUT2D eigenvalue weighted by atomic mass is 35.5. The largest absolute Gasteiger partial charge is 0.487 e. The van der Waals surface area contributed by atoms with Gasteiger partial charge < -0.3 is 14.2 Å². The minimum absolute atomic E-state index is 0.125. The Balaban J connectivity index is 1.95. The summed E-state index contributed by atoms with van der Waals surface area (Å²) in [5.41, 5.74) is 1.13. The van der Waals surface area contributed by atoms with E-state index in [9.17, 15) is 18.0 Å². The van der Waals surface area contributed by atoms with Crippen molar-refractivity contribution in [1.29, 1.82) is 0 Å². The smallest absolute Gasteiger partial charge is 0.452 e. The van der Waals surface area contributed by atoms with Gasteiger partial charge in [-0.05, 0) is 31.0 Å². The Labute approximate surface area is 170 Å². The maximum Gasteiger partial charge on any atom is 0.452 e. The van der Waals surface area contributed by atoms with Gasteiger partial charge >= 0.3 is 12.1 Å². The number of rotatable bonds is 10. The van der Waals surface area contributed by atoms with E-state index in [1.165, 1.54) is 25.3 Å². The lowest BCUT2D eigenvalue weighted by Gasteiger charge is -2.12. The Morgan fingerprint density at radius 1 is 1.24 bits per heavy atom. The topological polar surface area (TPSA) is 62.6 Å². The van der Waals surface area contributed by atoms with Crippen LogP contribution in [0.4, 0.5) is 13.2 Å². The summed E-state index contributed by atoms with van der Waals surface area (Å²) < 4.78 is 54.4. The average molecular weight is 433 g/mol. The molecule has 0 saturated carbocycles. The average Bonchev–Trinajstić information content (AvgIpc) is 3.14. The molecular weight excluding hydrogens is 413 g/mol. The van der Waals surface area contributed by atoms with Crippen LogP contribution in [0.25, 0.3) is 0 Å². The van der Waals surface area contributed by atoms with Crippen LogP contribution in [0.1, 0.15) is 29.3 Å². The van der Waals surface area contributed by atoms with Crippen LogP contribution >= 0.6 is 11.6 Å². The molecule has 0 saturated heterocycles. The molecule has 1 aromatic carbocycles. The van der Waals surface area contributed by atoms with Crippen LogP contribution in [-0.2, 0) is 16.0 Å². The van der Waals surface area contributed by atoms with Gasteiger partial charge in [-0.3, -0.25) is 4.68 Å². The fourth-order valence-electron chi connectivity index (χ4n) is 2.18. The number of alkyl halides is 4. The van der Waals surface area contributed by atoms with Gasteiger partial charge in [0.2, 0.25) is 5.76 Å². The predicted molar refractivity (Wildman–Crippen MR) is 99.8 cm³/mol. The summed E-state index contributed by atoms with van der Waals surface area (Å²) in [5.74, 6) is -1.05. The van der Waals surface area contributed by atoms with Gasteiger partial charge in [0.05, 0.1) is 31.5 Å². The number of carbonyl (C=O) groups excluding carboxylic acids is 1. The summed E-state index contributed by atoms with van der Waals surface area (Å²) in [4.78, 5) is 11.8. The molecule has 0 radical (unpaired) electrons. The molecule has 1 heterocycles. The molecule has 0 spiro atoms. The Hall–Kier alpha value is -2.68. The van der Waals surface area contributed by atoms with E-state index in [1.54, 1.807) is 23.0 Å². The number of aromatic nitrogens is 2. The monoisotopic (exact) mass is 432 g/mol. The van der Waals surface area contributed by atoms with Crippen molar-refractivity contribution in [3.05, 3.63) is 59.8 Å². The second-order valence-electron chi connectivity index (χ2n) is 5.78. The highest BCUT2D eigenvalue weighted by molar-refractivity contribution is 6.17. The van der Waals surface area contributed by atoms with Gasteiger partial charge in [-0.25, -0.2) is 4.79 Å². The van der Waals surface area contributed by atoms with Gasteiger partial charge in [-0.15, -0.1) is 11.6 Å². The maximum atomic E-state index is 12.7. The van der Waals surface area contributed by atoms with Crippen molar-refractivity contribution in [3.8, 4) is 5.75 Å². The molecule has 0 unspecified atom stereocenters. The summed E-state index contributed by atoms with van der Waals surface area (Å²) in [7, 11) is 0. The van der Waals surface area contributed by atoms with Gasteiger partial charge in [0.25, 0.3) is 0 Å². The zero-order valence-electron chi connectivity index (χ0n) is 15.6. The maximum absolute atomic E-state index is 12.7. The van der Waals surface area contributed by atoms with Gasteiger partial charge in [-0.1, -0.05) is 12.1 Å². The van der Waals surface area contributed by atoms with Crippen LogP contribution in [-0.4, -0.2) is 41.0 Å². The molecule has 2 rings (SSSR count). The molecule has 10 heteroatoms. The third-order valence-electron chi connectivity index (χ3n) is 3.53. The number of benzene rings is 1. The predicted octanol–water partition coefficient (Wildman–Crippen LogP) is 4.54. The molecule has 0 atom stereocenters. The van der Waals surface area contributed by atoms with E-state index in [1.807, 2.05) is 0 Å². The molecule has 29 heavy (non-hydrogen) atoms. The first-order chi connectivity index (χ1) is 13.8. The first-order valence-electron chi connectivity index (χ1n) is 8.74. The lowest BCUT2D eigenvalue weighted by Crippen LogP contribution is -2.15. The first-order valence-corrected chi connectivity index (χ1v) is 9.28. The number of hydrogen-bond acceptors (Lipinski definition) is 5. The molecule has 0 fully saturated rings. The molecule has 0 N–H and O–H groups in total. The van der Waals surface area contributed by atoms with E-state index in [4.69, 9.17) is 21.1 Å². The summed E-state index contributed by atoms with van der Waals surface area (Å²) in [6.07, 6.45) is -0.571. The second kappa shape index (κ2) is 10.8. The fraction of sp³-hybridized carbons (Fsp3) is 0.368. The minimum atomic E-state index is -4.63. The third-order valence-corrected chi connectivity index (χ3v) is 3.80. The number of esters is 1. The molecule has 158 valence electrons. The number of carbonyl (C=O) groups is 1. The van der Waals surface area contributed by atoms with E-state index in [-0.39, 0.29) is 19.0 Å². The number of allylic oxidation sites excluding steroid dienone is 1. The number of hydrogen-bond donors (Lipinski definition) is 0. The molecular formula is C19H20ClF3N2O4. The highest BCUT2D eigenvalue weighted by Crippen LogP contribution is 2.27. The molecule has 6 nitrogen and oxygen atoms in total. The van der Waals surface area contributed by atoms with Crippen molar-refractivity contribution in [2.45, 2.75) is 26.1 Å². The van der Waals surface area contributed by atoms with E-state index < -0.39 is 17.9 Å². The van der Waals surface area contributed by atoms with Crippen molar-refractivity contribution in [2.75, 3.05) is 19.1 Å². The summed E-state index contributed by atoms with van der Waals surface area (Å²) in [6, 6.07) is 6.40. The van der Waals surface area contributed by atoms with Crippen LogP contribution in [0.2, 0.25) is 0 Å².